The van der Waals surface area contributed by atoms with E-state index in [4.69, 9.17) is 5.73 Å². The zero-order chi connectivity index (χ0) is 8.13. The number of hydrogen-bond donors (Lipinski definition) is 1. The van der Waals surface area contributed by atoms with Crippen molar-refractivity contribution in [2.24, 2.45) is 23.5 Å². The number of nitrogens with two attached hydrogens (primary N) is 1. The molecule has 0 radical (unpaired) electrons. The molecule has 2 atom stereocenters. The fourth-order valence-electron chi connectivity index (χ4n) is 3.38. The van der Waals surface area contributed by atoms with Crippen LogP contribution in [0, 0.1) is 17.8 Å². The predicted molar refractivity (Wildman–Crippen MR) is 48.4 cm³/mol. The van der Waals surface area contributed by atoms with Crippen molar-refractivity contribution in [3.05, 3.63) is 11.8 Å². The maximum absolute atomic E-state index is 5.82. The molecule has 0 aromatic carbocycles. The molecule has 4 rings (SSSR count). The van der Waals surface area contributed by atoms with Crippen LogP contribution in [0.5, 0.6) is 0 Å². The summed E-state index contributed by atoms with van der Waals surface area (Å²) in [4.78, 5) is 2.50. The van der Waals surface area contributed by atoms with Gasteiger partial charge in [0, 0.05) is 13.1 Å². The van der Waals surface area contributed by atoms with Gasteiger partial charge >= 0.3 is 0 Å². The Bertz CT molecular complexity index is 216. The highest BCUT2D eigenvalue weighted by Gasteiger charge is 2.42. The molecule has 2 N–H and O–H groups in total. The van der Waals surface area contributed by atoms with Gasteiger partial charge in [-0.3, -0.25) is 0 Å². The van der Waals surface area contributed by atoms with Crippen LogP contribution in [0.1, 0.15) is 12.8 Å². The van der Waals surface area contributed by atoms with Crippen LogP contribution >= 0.6 is 0 Å². The first-order chi connectivity index (χ1) is 5.86. The standard InChI is InChI=1S/C10H16N2/c11-3-10-8-1-7-2-9(10)6-12(4-7)5-8/h4,8-10H,1-3,5-6,11H2. The van der Waals surface area contributed by atoms with E-state index in [0.717, 1.165) is 24.3 Å². The smallest absolute Gasteiger partial charge is 0.0207 e. The molecule has 0 amide bonds. The zero-order valence-corrected chi connectivity index (χ0v) is 7.37. The monoisotopic (exact) mass is 164 g/mol. The molecule has 2 fully saturated rings. The Kier molecular flexibility index (Phi) is 1.31. The molecule has 0 aromatic rings. The van der Waals surface area contributed by atoms with E-state index in [1.165, 1.54) is 25.9 Å². The van der Waals surface area contributed by atoms with Crippen LogP contribution in [0.2, 0.25) is 0 Å². The van der Waals surface area contributed by atoms with Gasteiger partial charge < -0.3 is 10.6 Å². The molecule has 1 saturated carbocycles. The quantitative estimate of drug-likeness (QED) is 0.621. The summed E-state index contributed by atoms with van der Waals surface area (Å²) >= 11 is 0. The van der Waals surface area contributed by atoms with Gasteiger partial charge in [-0.2, -0.15) is 0 Å². The maximum atomic E-state index is 5.82. The van der Waals surface area contributed by atoms with E-state index in [-0.39, 0.29) is 0 Å². The van der Waals surface area contributed by atoms with Crippen LogP contribution in [-0.4, -0.2) is 24.5 Å². The first kappa shape index (κ1) is 6.96. The van der Waals surface area contributed by atoms with Crippen LogP contribution in [0.15, 0.2) is 11.8 Å². The number of hydrogen-bond acceptors (Lipinski definition) is 2. The van der Waals surface area contributed by atoms with Gasteiger partial charge in [-0.25, -0.2) is 0 Å². The molecular weight excluding hydrogens is 148 g/mol. The summed E-state index contributed by atoms with van der Waals surface area (Å²) < 4.78 is 0. The van der Waals surface area contributed by atoms with E-state index < -0.39 is 0 Å². The van der Waals surface area contributed by atoms with Gasteiger partial charge in [-0.05, 0) is 43.3 Å². The molecule has 2 nitrogen and oxygen atoms in total. The van der Waals surface area contributed by atoms with Crippen molar-refractivity contribution in [1.29, 1.82) is 0 Å². The molecule has 4 aliphatic rings. The van der Waals surface area contributed by atoms with Gasteiger partial charge in [-0.1, -0.05) is 5.57 Å². The Hall–Kier alpha value is -0.500. The molecule has 2 unspecified atom stereocenters. The highest BCUT2D eigenvalue weighted by Crippen LogP contribution is 2.45. The Morgan fingerprint density at radius 2 is 2.00 bits per heavy atom. The third-order valence-electron chi connectivity index (χ3n) is 3.84. The third-order valence-corrected chi connectivity index (χ3v) is 3.84. The third kappa shape index (κ3) is 0.789. The number of piperidine rings is 1. The average Bonchev–Trinajstić information content (AvgIpc) is 2.02. The average molecular weight is 164 g/mol. The molecule has 1 saturated heterocycles. The van der Waals surface area contributed by atoms with E-state index in [9.17, 15) is 0 Å². The molecular formula is C10H16N2. The minimum absolute atomic E-state index is 0.832. The second-order valence-electron chi connectivity index (χ2n) is 4.57. The van der Waals surface area contributed by atoms with Crippen molar-refractivity contribution >= 4 is 0 Å². The Balaban J connectivity index is 1.94. The topological polar surface area (TPSA) is 29.3 Å². The molecule has 3 aliphatic heterocycles. The Morgan fingerprint density at radius 3 is 2.50 bits per heavy atom. The second-order valence-corrected chi connectivity index (χ2v) is 4.57. The molecule has 0 aromatic heterocycles. The van der Waals surface area contributed by atoms with E-state index >= 15 is 0 Å². The minimum Gasteiger partial charge on any atom is -0.377 e. The largest absolute Gasteiger partial charge is 0.377 e. The summed E-state index contributed by atoms with van der Waals surface area (Å²) in [6, 6.07) is 0. The second kappa shape index (κ2) is 2.25. The lowest BCUT2D eigenvalue weighted by molar-refractivity contribution is 0.0526. The molecule has 66 valence electrons. The van der Waals surface area contributed by atoms with Crippen molar-refractivity contribution < 1.29 is 0 Å². The summed E-state index contributed by atoms with van der Waals surface area (Å²) in [7, 11) is 0. The normalized spacial score (nSPS) is 43.6. The highest BCUT2D eigenvalue weighted by molar-refractivity contribution is 5.17. The lowest BCUT2D eigenvalue weighted by Crippen LogP contribution is -2.52. The summed E-state index contributed by atoms with van der Waals surface area (Å²) in [6.45, 7) is 3.47. The number of allylic oxidation sites excluding steroid dienone is 1. The SMILES string of the molecule is NCC1C2CC3=CN(C2)CC1C3. The fraction of sp³-hybridized carbons (Fsp3) is 0.800. The maximum Gasteiger partial charge on any atom is 0.0207 e. The molecule has 3 heterocycles. The number of rotatable bonds is 1. The first-order valence-corrected chi connectivity index (χ1v) is 5.00. The Labute approximate surface area is 73.4 Å². The predicted octanol–water partition coefficient (Wildman–Crippen LogP) is 0.801. The van der Waals surface area contributed by atoms with Crippen molar-refractivity contribution in [3.8, 4) is 0 Å². The van der Waals surface area contributed by atoms with Crippen LogP contribution in [0.3, 0.4) is 0 Å². The summed E-state index contributed by atoms with van der Waals surface area (Å²) in [5.74, 6) is 2.61. The minimum atomic E-state index is 0.832. The Morgan fingerprint density at radius 1 is 1.33 bits per heavy atom. The van der Waals surface area contributed by atoms with Gasteiger partial charge in [0.05, 0.1) is 0 Å². The summed E-state index contributed by atoms with van der Waals surface area (Å²) in [6.07, 6.45) is 5.07. The van der Waals surface area contributed by atoms with Gasteiger partial charge in [0.25, 0.3) is 0 Å². The first-order valence-electron chi connectivity index (χ1n) is 5.00. The highest BCUT2D eigenvalue weighted by atomic mass is 15.1. The van der Waals surface area contributed by atoms with Crippen molar-refractivity contribution in [2.75, 3.05) is 19.6 Å². The van der Waals surface area contributed by atoms with E-state index in [1.54, 1.807) is 5.57 Å². The van der Waals surface area contributed by atoms with E-state index in [2.05, 4.69) is 11.1 Å². The molecule has 4 bridgehead atoms. The van der Waals surface area contributed by atoms with Crippen LogP contribution in [-0.2, 0) is 0 Å². The fourth-order valence-corrected chi connectivity index (χ4v) is 3.38. The van der Waals surface area contributed by atoms with Gasteiger partial charge in [0.2, 0.25) is 0 Å². The van der Waals surface area contributed by atoms with E-state index in [1.807, 2.05) is 0 Å². The van der Waals surface area contributed by atoms with Crippen molar-refractivity contribution in [1.82, 2.24) is 4.90 Å². The summed E-state index contributed by atoms with van der Waals surface area (Å²) in [5, 5.41) is 0. The molecule has 12 heavy (non-hydrogen) atoms. The van der Waals surface area contributed by atoms with E-state index in [0.29, 0.717) is 0 Å². The van der Waals surface area contributed by atoms with Gasteiger partial charge in [0.15, 0.2) is 0 Å². The number of nitrogens with zero attached hydrogens (tertiary/aromatic N) is 1. The van der Waals surface area contributed by atoms with Crippen LogP contribution in [0.4, 0.5) is 0 Å². The molecule has 1 aliphatic carbocycles. The lowest BCUT2D eigenvalue weighted by atomic mass is 9.65. The summed E-state index contributed by atoms with van der Waals surface area (Å²) in [5.41, 5.74) is 7.50. The molecule has 0 spiro atoms. The lowest BCUT2D eigenvalue weighted by Gasteiger charge is -2.52. The molecule has 2 heteroatoms. The van der Waals surface area contributed by atoms with Crippen molar-refractivity contribution in [2.45, 2.75) is 12.8 Å². The van der Waals surface area contributed by atoms with Crippen LogP contribution < -0.4 is 5.73 Å². The van der Waals surface area contributed by atoms with Crippen molar-refractivity contribution in [3.63, 3.8) is 0 Å². The zero-order valence-electron chi connectivity index (χ0n) is 7.37. The van der Waals surface area contributed by atoms with Crippen LogP contribution in [0.25, 0.3) is 0 Å². The van der Waals surface area contributed by atoms with Gasteiger partial charge in [0.1, 0.15) is 0 Å². The van der Waals surface area contributed by atoms with Gasteiger partial charge in [-0.15, -0.1) is 0 Å².